The van der Waals surface area contributed by atoms with Crippen LogP contribution >= 0.6 is 11.3 Å². The fourth-order valence-electron chi connectivity index (χ4n) is 2.47. The van der Waals surface area contributed by atoms with Gasteiger partial charge >= 0.3 is 0 Å². The van der Waals surface area contributed by atoms with Crippen molar-refractivity contribution in [2.24, 2.45) is 0 Å². The number of benzene rings is 1. The van der Waals surface area contributed by atoms with E-state index in [0.29, 0.717) is 5.82 Å². The van der Waals surface area contributed by atoms with E-state index in [1.54, 1.807) is 17.5 Å². The molecule has 0 spiro atoms. The molecule has 0 aliphatic heterocycles. The van der Waals surface area contributed by atoms with Crippen LogP contribution < -0.4 is 5.73 Å². The van der Waals surface area contributed by atoms with E-state index in [1.165, 1.54) is 0 Å². The summed E-state index contributed by atoms with van der Waals surface area (Å²) in [5, 5.41) is 10.4. The van der Waals surface area contributed by atoms with E-state index in [-0.39, 0.29) is 0 Å². The molecule has 4 aromatic rings. The van der Waals surface area contributed by atoms with Crippen molar-refractivity contribution in [2.75, 3.05) is 5.73 Å². The third kappa shape index (κ3) is 1.98. The van der Waals surface area contributed by atoms with Gasteiger partial charge in [-0.2, -0.15) is 5.10 Å². The summed E-state index contributed by atoms with van der Waals surface area (Å²) in [5.41, 5.74) is 9.98. The Kier molecular flexibility index (Phi) is 2.72. The maximum Gasteiger partial charge on any atom is 0.154 e. The van der Waals surface area contributed by atoms with Crippen LogP contribution in [0, 0.1) is 0 Å². The maximum absolute atomic E-state index is 6.03. The van der Waals surface area contributed by atoms with Crippen molar-refractivity contribution >= 4 is 28.1 Å². The average Bonchev–Trinajstić information content (AvgIpc) is 3.15. The molecule has 0 bridgehead atoms. The van der Waals surface area contributed by atoms with E-state index in [0.717, 1.165) is 32.6 Å². The predicted molar refractivity (Wildman–Crippen MR) is 87.1 cm³/mol. The first-order valence-electron chi connectivity index (χ1n) is 6.56. The molecule has 5 heteroatoms. The number of hydrogen-bond donors (Lipinski definition) is 2. The number of anilines is 1. The lowest BCUT2D eigenvalue weighted by Gasteiger charge is -2.04. The van der Waals surface area contributed by atoms with Crippen LogP contribution in [-0.4, -0.2) is 15.2 Å². The third-order valence-electron chi connectivity index (χ3n) is 3.45. The molecule has 0 fully saturated rings. The van der Waals surface area contributed by atoms with Crippen molar-refractivity contribution in [1.29, 1.82) is 0 Å². The van der Waals surface area contributed by atoms with Gasteiger partial charge in [0, 0.05) is 22.0 Å². The Balaban J connectivity index is 1.93. The van der Waals surface area contributed by atoms with E-state index < -0.39 is 0 Å². The molecule has 0 radical (unpaired) electrons. The van der Waals surface area contributed by atoms with Gasteiger partial charge in [-0.1, -0.05) is 18.2 Å². The third-order valence-corrected chi connectivity index (χ3v) is 4.34. The Morgan fingerprint density at radius 2 is 2.05 bits per heavy atom. The summed E-state index contributed by atoms with van der Waals surface area (Å²) in [6, 6.07) is 14.2. The van der Waals surface area contributed by atoms with Gasteiger partial charge in [-0.3, -0.25) is 10.1 Å². The molecule has 0 atom stereocenters. The maximum atomic E-state index is 6.03. The number of thiophene rings is 1. The van der Waals surface area contributed by atoms with E-state index in [4.69, 9.17) is 5.73 Å². The highest BCUT2D eigenvalue weighted by Crippen LogP contribution is 2.37. The summed E-state index contributed by atoms with van der Waals surface area (Å²) < 4.78 is 0. The molecule has 0 aliphatic carbocycles. The van der Waals surface area contributed by atoms with Gasteiger partial charge in [0.15, 0.2) is 5.82 Å². The van der Waals surface area contributed by atoms with Gasteiger partial charge in [-0.15, -0.1) is 11.3 Å². The molecule has 3 heterocycles. The van der Waals surface area contributed by atoms with Gasteiger partial charge in [-0.05, 0) is 29.6 Å². The Hall–Kier alpha value is -2.66. The molecule has 21 heavy (non-hydrogen) atoms. The smallest absolute Gasteiger partial charge is 0.154 e. The highest BCUT2D eigenvalue weighted by molar-refractivity contribution is 7.13. The minimum atomic E-state index is 0.527. The van der Waals surface area contributed by atoms with Crippen LogP contribution in [0.15, 0.2) is 54.0 Å². The van der Waals surface area contributed by atoms with Gasteiger partial charge in [0.05, 0.1) is 16.8 Å². The number of rotatable bonds is 2. The second-order valence-corrected chi connectivity index (χ2v) is 5.69. The molecule has 3 aromatic heterocycles. The van der Waals surface area contributed by atoms with Gasteiger partial charge < -0.3 is 5.73 Å². The van der Waals surface area contributed by atoms with Crippen molar-refractivity contribution in [2.45, 2.75) is 0 Å². The molecule has 0 saturated carbocycles. The van der Waals surface area contributed by atoms with Crippen molar-refractivity contribution in [1.82, 2.24) is 15.2 Å². The molecule has 3 N–H and O–H groups in total. The number of H-pyrrole nitrogens is 1. The quantitative estimate of drug-likeness (QED) is 0.588. The van der Waals surface area contributed by atoms with Crippen LogP contribution in [0.1, 0.15) is 0 Å². The molecule has 4 rings (SSSR count). The molecule has 0 aliphatic rings. The summed E-state index contributed by atoms with van der Waals surface area (Å²) >= 11 is 1.65. The van der Waals surface area contributed by atoms with Gasteiger partial charge in [-0.25, -0.2) is 0 Å². The molecule has 4 nitrogen and oxygen atoms in total. The van der Waals surface area contributed by atoms with Crippen LogP contribution in [0.2, 0.25) is 0 Å². The number of nitrogens with zero attached hydrogens (tertiary/aromatic N) is 2. The lowest BCUT2D eigenvalue weighted by atomic mass is 10.0. The number of aromatic amines is 1. The summed E-state index contributed by atoms with van der Waals surface area (Å²) in [6.45, 7) is 0. The second kappa shape index (κ2) is 4.71. The number of nitrogen functional groups attached to an aromatic ring is 1. The predicted octanol–water partition coefficient (Wildman–Crippen LogP) is 3.94. The van der Waals surface area contributed by atoms with Gasteiger partial charge in [0.25, 0.3) is 0 Å². The first-order valence-corrected chi connectivity index (χ1v) is 7.44. The molecule has 1 aromatic carbocycles. The lowest BCUT2D eigenvalue weighted by molar-refractivity contribution is 1.10. The fourth-order valence-corrected chi connectivity index (χ4v) is 3.25. The molecular formula is C16H12N4S. The van der Waals surface area contributed by atoms with E-state index in [1.807, 2.05) is 29.6 Å². The van der Waals surface area contributed by atoms with Crippen LogP contribution in [0.5, 0.6) is 0 Å². The van der Waals surface area contributed by atoms with Crippen LogP contribution in [0.4, 0.5) is 5.82 Å². The first-order chi connectivity index (χ1) is 10.3. The highest BCUT2D eigenvalue weighted by Gasteiger charge is 2.15. The number of pyridine rings is 1. The minimum Gasteiger partial charge on any atom is -0.382 e. The Morgan fingerprint density at radius 3 is 2.90 bits per heavy atom. The number of hydrogen-bond acceptors (Lipinski definition) is 4. The Labute approximate surface area is 125 Å². The SMILES string of the molecule is Nc1n[nH]c(-c2ccc3ncccc3c2)c1-c1cccs1. The Bertz CT molecular complexity index is 909. The number of fused-ring (bicyclic) bond motifs is 1. The number of aromatic nitrogens is 3. The van der Waals surface area contributed by atoms with Crippen molar-refractivity contribution < 1.29 is 0 Å². The van der Waals surface area contributed by atoms with Crippen molar-refractivity contribution in [3.63, 3.8) is 0 Å². The molecule has 102 valence electrons. The second-order valence-electron chi connectivity index (χ2n) is 4.75. The van der Waals surface area contributed by atoms with E-state index in [9.17, 15) is 0 Å². The van der Waals surface area contributed by atoms with Crippen LogP contribution in [0.3, 0.4) is 0 Å². The number of nitrogens with one attached hydrogen (secondary N) is 1. The highest BCUT2D eigenvalue weighted by atomic mass is 32.1. The van der Waals surface area contributed by atoms with Gasteiger partial charge in [0.2, 0.25) is 0 Å². The summed E-state index contributed by atoms with van der Waals surface area (Å²) in [5.74, 6) is 0.527. The first kappa shape index (κ1) is 12.1. The van der Waals surface area contributed by atoms with Gasteiger partial charge in [0.1, 0.15) is 0 Å². The monoisotopic (exact) mass is 292 g/mol. The lowest BCUT2D eigenvalue weighted by Crippen LogP contribution is -1.87. The van der Waals surface area contributed by atoms with Crippen molar-refractivity contribution in [3.8, 4) is 21.7 Å². The minimum absolute atomic E-state index is 0.527. The van der Waals surface area contributed by atoms with Crippen molar-refractivity contribution in [3.05, 3.63) is 54.0 Å². The zero-order valence-corrected chi connectivity index (χ0v) is 11.9. The zero-order valence-electron chi connectivity index (χ0n) is 11.1. The average molecular weight is 292 g/mol. The molecule has 0 saturated heterocycles. The topological polar surface area (TPSA) is 67.6 Å². The molecular weight excluding hydrogens is 280 g/mol. The van der Waals surface area contributed by atoms with Crippen LogP contribution in [0.25, 0.3) is 32.6 Å². The fraction of sp³-hybridized carbons (Fsp3) is 0. The largest absolute Gasteiger partial charge is 0.382 e. The Morgan fingerprint density at radius 1 is 1.10 bits per heavy atom. The zero-order chi connectivity index (χ0) is 14.2. The normalized spacial score (nSPS) is 11.0. The van der Waals surface area contributed by atoms with Crippen LogP contribution in [-0.2, 0) is 0 Å². The number of nitrogens with two attached hydrogens (primary N) is 1. The molecule has 0 amide bonds. The van der Waals surface area contributed by atoms with E-state index in [2.05, 4.69) is 33.4 Å². The summed E-state index contributed by atoms with van der Waals surface area (Å²) in [6.07, 6.45) is 1.80. The molecule has 0 unspecified atom stereocenters. The van der Waals surface area contributed by atoms with E-state index >= 15 is 0 Å². The summed E-state index contributed by atoms with van der Waals surface area (Å²) in [7, 11) is 0. The summed E-state index contributed by atoms with van der Waals surface area (Å²) in [4.78, 5) is 5.46. The standard InChI is InChI=1S/C16H12N4S/c17-16-14(13-4-2-8-21-13)15(19-20-16)11-5-6-12-10(9-11)3-1-7-18-12/h1-9H,(H3,17,19,20).